The molecule has 1 atom stereocenters. The first-order valence-electron chi connectivity index (χ1n) is 7.29. The Morgan fingerprint density at radius 3 is 2.90 bits per heavy atom. The average molecular weight is 288 g/mol. The molecule has 2 N–H and O–H groups in total. The third-order valence-electron chi connectivity index (χ3n) is 3.83. The van der Waals surface area contributed by atoms with Gasteiger partial charge in [-0.25, -0.2) is 14.6 Å². The third-order valence-corrected chi connectivity index (χ3v) is 3.83. The number of aromatic nitrogens is 4. The first kappa shape index (κ1) is 13.9. The molecule has 0 aliphatic carbocycles. The summed E-state index contributed by atoms with van der Waals surface area (Å²) in [7, 11) is 0. The highest BCUT2D eigenvalue weighted by molar-refractivity contribution is 5.44. The maximum absolute atomic E-state index is 5.63. The minimum Gasteiger partial charge on any atom is -0.348 e. The molecule has 3 rings (SSSR count). The summed E-state index contributed by atoms with van der Waals surface area (Å²) in [5, 5.41) is 7.96. The smallest absolute Gasteiger partial charge is 0.133 e. The summed E-state index contributed by atoms with van der Waals surface area (Å²) in [4.78, 5) is 11.3. The summed E-state index contributed by atoms with van der Waals surface area (Å²) in [6.45, 7) is 5.38. The van der Waals surface area contributed by atoms with Gasteiger partial charge in [-0.05, 0) is 33.2 Å². The number of hydrogen-bond acceptors (Lipinski definition) is 7. The maximum Gasteiger partial charge on any atom is 0.133 e. The van der Waals surface area contributed by atoms with Crippen molar-refractivity contribution in [2.24, 2.45) is 5.73 Å². The fourth-order valence-electron chi connectivity index (χ4n) is 2.90. The van der Waals surface area contributed by atoms with Crippen LogP contribution in [0.1, 0.15) is 41.8 Å². The Kier molecular flexibility index (Phi) is 3.83. The van der Waals surface area contributed by atoms with Crippen LogP contribution in [-0.2, 0) is 6.42 Å². The predicted octanol–water partition coefficient (Wildman–Crippen LogP) is 1.32. The Labute approximate surface area is 123 Å². The van der Waals surface area contributed by atoms with Gasteiger partial charge in [-0.3, -0.25) is 0 Å². The van der Waals surface area contributed by atoms with E-state index in [-0.39, 0.29) is 6.04 Å². The normalized spacial score (nSPS) is 18.4. The molecular formula is C14H20N6O. The topological polar surface area (TPSA) is 94.0 Å². The Hall–Kier alpha value is -2.02. The van der Waals surface area contributed by atoms with Gasteiger partial charge < -0.3 is 10.6 Å². The zero-order valence-electron chi connectivity index (χ0n) is 12.4. The van der Waals surface area contributed by atoms with Crippen molar-refractivity contribution in [2.45, 2.75) is 39.2 Å². The molecule has 0 radical (unpaired) electrons. The van der Waals surface area contributed by atoms with Crippen LogP contribution in [0.5, 0.6) is 0 Å². The molecular weight excluding hydrogens is 268 g/mol. The van der Waals surface area contributed by atoms with E-state index in [0.717, 1.165) is 54.5 Å². The molecule has 0 aromatic carbocycles. The molecule has 0 saturated carbocycles. The lowest BCUT2D eigenvalue weighted by atomic mass is 10.1. The van der Waals surface area contributed by atoms with Crippen molar-refractivity contribution in [1.82, 2.24) is 20.3 Å². The lowest BCUT2D eigenvalue weighted by Gasteiger charge is -2.24. The van der Waals surface area contributed by atoms with Crippen molar-refractivity contribution in [3.05, 3.63) is 29.0 Å². The van der Waals surface area contributed by atoms with E-state index in [0.29, 0.717) is 6.54 Å². The number of rotatable bonds is 4. The lowest BCUT2D eigenvalue weighted by molar-refractivity contribution is 0.299. The van der Waals surface area contributed by atoms with E-state index in [9.17, 15) is 0 Å². The number of nitrogens with zero attached hydrogens (tertiary/aromatic N) is 5. The Morgan fingerprint density at radius 2 is 2.19 bits per heavy atom. The highest BCUT2D eigenvalue weighted by Crippen LogP contribution is 2.35. The van der Waals surface area contributed by atoms with E-state index in [4.69, 9.17) is 10.4 Å². The molecule has 7 heteroatoms. The van der Waals surface area contributed by atoms with Gasteiger partial charge in [-0.1, -0.05) is 10.3 Å². The molecule has 112 valence electrons. The number of hydrogen-bond donors (Lipinski definition) is 1. The van der Waals surface area contributed by atoms with Gasteiger partial charge in [0.05, 0.1) is 6.04 Å². The standard InChI is InChI=1S/C14H20N6O/c1-9-14(19-21-18-9)12-4-3-7-20(12)13-8-11(5-6-15)16-10(2)17-13/h8,12H,3-7,15H2,1-2H3. The molecule has 0 bridgehead atoms. The van der Waals surface area contributed by atoms with E-state index in [1.165, 1.54) is 0 Å². The van der Waals surface area contributed by atoms with Crippen LogP contribution in [0.25, 0.3) is 0 Å². The second-order valence-electron chi connectivity index (χ2n) is 5.39. The summed E-state index contributed by atoms with van der Waals surface area (Å²) in [5.41, 5.74) is 8.37. The van der Waals surface area contributed by atoms with Gasteiger partial charge in [-0.15, -0.1) is 0 Å². The summed E-state index contributed by atoms with van der Waals surface area (Å²) in [5.74, 6) is 1.72. The minimum atomic E-state index is 0.177. The molecule has 1 fully saturated rings. The van der Waals surface area contributed by atoms with Crippen molar-refractivity contribution < 1.29 is 4.63 Å². The van der Waals surface area contributed by atoms with Gasteiger partial charge in [0.1, 0.15) is 23.0 Å². The lowest BCUT2D eigenvalue weighted by Crippen LogP contribution is -2.25. The average Bonchev–Trinajstić information content (AvgIpc) is 3.06. The van der Waals surface area contributed by atoms with Crippen molar-refractivity contribution in [2.75, 3.05) is 18.0 Å². The van der Waals surface area contributed by atoms with Crippen LogP contribution in [0, 0.1) is 13.8 Å². The van der Waals surface area contributed by atoms with E-state index in [1.54, 1.807) is 0 Å². The molecule has 1 saturated heterocycles. The quantitative estimate of drug-likeness (QED) is 0.906. The predicted molar refractivity (Wildman–Crippen MR) is 77.9 cm³/mol. The summed E-state index contributed by atoms with van der Waals surface area (Å²) in [6.07, 6.45) is 2.90. The molecule has 3 heterocycles. The maximum atomic E-state index is 5.63. The highest BCUT2D eigenvalue weighted by Gasteiger charge is 2.31. The molecule has 21 heavy (non-hydrogen) atoms. The fourth-order valence-corrected chi connectivity index (χ4v) is 2.90. The van der Waals surface area contributed by atoms with Crippen LogP contribution in [0.4, 0.5) is 5.82 Å². The van der Waals surface area contributed by atoms with Crippen LogP contribution in [-0.4, -0.2) is 33.4 Å². The Bertz CT molecular complexity index is 626. The number of aryl methyl sites for hydroxylation is 2. The highest BCUT2D eigenvalue weighted by atomic mass is 16.6. The zero-order chi connectivity index (χ0) is 14.8. The van der Waals surface area contributed by atoms with Gasteiger partial charge in [0.25, 0.3) is 0 Å². The van der Waals surface area contributed by atoms with E-state index in [2.05, 4.69) is 25.2 Å². The molecule has 1 unspecified atom stereocenters. The van der Waals surface area contributed by atoms with Gasteiger partial charge in [0.15, 0.2) is 0 Å². The molecule has 0 spiro atoms. The van der Waals surface area contributed by atoms with Gasteiger partial charge in [0.2, 0.25) is 0 Å². The molecule has 2 aromatic rings. The van der Waals surface area contributed by atoms with Crippen LogP contribution in [0.2, 0.25) is 0 Å². The van der Waals surface area contributed by atoms with Gasteiger partial charge in [-0.2, -0.15) is 0 Å². The molecule has 1 aliphatic heterocycles. The van der Waals surface area contributed by atoms with Gasteiger partial charge >= 0.3 is 0 Å². The van der Waals surface area contributed by atoms with Crippen LogP contribution < -0.4 is 10.6 Å². The van der Waals surface area contributed by atoms with Crippen LogP contribution in [0.3, 0.4) is 0 Å². The van der Waals surface area contributed by atoms with Crippen molar-refractivity contribution >= 4 is 5.82 Å². The number of nitrogens with two attached hydrogens (primary N) is 1. The largest absolute Gasteiger partial charge is 0.348 e. The van der Waals surface area contributed by atoms with E-state index >= 15 is 0 Å². The summed E-state index contributed by atoms with van der Waals surface area (Å²) < 4.78 is 4.85. The Morgan fingerprint density at radius 1 is 1.33 bits per heavy atom. The first-order valence-corrected chi connectivity index (χ1v) is 7.29. The molecule has 0 amide bonds. The van der Waals surface area contributed by atoms with Crippen LogP contribution in [0.15, 0.2) is 10.7 Å². The van der Waals surface area contributed by atoms with Crippen LogP contribution >= 0.6 is 0 Å². The fraction of sp³-hybridized carbons (Fsp3) is 0.571. The Balaban J connectivity index is 1.93. The minimum absolute atomic E-state index is 0.177. The van der Waals surface area contributed by atoms with E-state index < -0.39 is 0 Å². The van der Waals surface area contributed by atoms with E-state index in [1.807, 2.05) is 19.9 Å². The third kappa shape index (κ3) is 2.73. The zero-order valence-corrected chi connectivity index (χ0v) is 12.4. The number of anilines is 1. The van der Waals surface area contributed by atoms with Crippen molar-refractivity contribution in [1.29, 1.82) is 0 Å². The monoisotopic (exact) mass is 288 g/mol. The van der Waals surface area contributed by atoms with Crippen molar-refractivity contribution in [3.63, 3.8) is 0 Å². The SMILES string of the molecule is Cc1nc(CCN)cc(N2CCCC2c2nonc2C)n1. The first-order chi connectivity index (χ1) is 10.2. The molecule has 1 aliphatic rings. The summed E-state index contributed by atoms with van der Waals surface area (Å²) in [6, 6.07) is 2.21. The second kappa shape index (κ2) is 5.77. The second-order valence-corrected chi connectivity index (χ2v) is 5.39. The van der Waals surface area contributed by atoms with Gasteiger partial charge in [0, 0.05) is 24.7 Å². The summed E-state index contributed by atoms with van der Waals surface area (Å²) >= 11 is 0. The van der Waals surface area contributed by atoms with Crippen molar-refractivity contribution in [3.8, 4) is 0 Å². The molecule has 7 nitrogen and oxygen atoms in total. The molecule has 2 aromatic heterocycles.